The lowest BCUT2D eigenvalue weighted by Gasteiger charge is -2.36. The van der Waals surface area contributed by atoms with E-state index in [9.17, 15) is 13.2 Å². The van der Waals surface area contributed by atoms with Gasteiger partial charge in [0.15, 0.2) is 5.76 Å². The maximum absolute atomic E-state index is 12.9. The van der Waals surface area contributed by atoms with Gasteiger partial charge in [-0.05, 0) is 26.0 Å². The van der Waals surface area contributed by atoms with Crippen molar-refractivity contribution in [1.82, 2.24) is 25.1 Å². The molecule has 1 aromatic carbocycles. The standard InChI is InChI=1S/C20H22F3N5O2/c1-13-10-17(29-25-13)12-27-6-8-28(9-7-27)14(2)19-24-18(26-30-19)15-4-3-5-16(11-15)20(21,22)23/h3-5,10-11,14H,6-9,12H2,1-2H3. The van der Waals surface area contributed by atoms with E-state index in [0.29, 0.717) is 12.4 Å². The summed E-state index contributed by atoms with van der Waals surface area (Å²) < 4.78 is 49.5. The molecule has 4 rings (SSSR count). The first-order valence-corrected chi connectivity index (χ1v) is 9.69. The highest BCUT2D eigenvalue weighted by Gasteiger charge is 2.31. The fourth-order valence-corrected chi connectivity index (χ4v) is 3.53. The van der Waals surface area contributed by atoms with Crippen LogP contribution in [0.1, 0.15) is 35.9 Å². The number of alkyl halides is 3. The summed E-state index contributed by atoms with van der Waals surface area (Å²) in [5.74, 6) is 1.39. The molecule has 0 saturated carbocycles. The third-order valence-corrected chi connectivity index (χ3v) is 5.26. The average Bonchev–Trinajstić information content (AvgIpc) is 3.37. The summed E-state index contributed by atoms with van der Waals surface area (Å²) in [6.07, 6.45) is -4.42. The van der Waals surface area contributed by atoms with Crippen molar-refractivity contribution in [2.75, 3.05) is 26.2 Å². The van der Waals surface area contributed by atoms with Gasteiger partial charge < -0.3 is 9.05 Å². The van der Waals surface area contributed by atoms with Gasteiger partial charge in [-0.15, -0.1) is 0 Å². The number of aryl methyl sites for hydroxylation is 1. The van der Waals surface area contributed by atoms with Crippen LogP contribution >= 0.6 is 0 Å². The van der Waals surface area contributed by atoms with Gasteiger partial charge in [-0.1, -0.05) is 22.4 Å². The van der Waals surface area contributed by atoms with Crippen LogP contribution in [-0.2, 0) is 12.7 Å². The van der Waals surface area contributed by atoms with E-state index in [1.165, 1.54) is 6.07 Å². The predicted molar refractivity (Wildman–Crippen MR) is 101 cm³/mol. The summed E-state index contributed by atoms with van der Waals surface area (Å²) in [6, 6.07) is 6.73. The van der Waals surface area contributed by atoms with Crippen molar-refractivity contribution in [1.29, 1.82) is 0 Å². The number of aromatic nitrogens is 3. The molecule has 7 nitrogen and oxygen atoms in total. The zero-order valence-electron chi connectivity index (χ0n) is 16.7. The van der Waals surface area contributed by atoms with Crippen LogP contribution in [0.25, 0.3) is 11.4 Å². The predicted octanol–water partition coefficient (Wildman–Crippen LogP) is 3.93. The van der Waals surface area contributed by atoms with E-state index < -0.39 is 11.7 Å². The highest BCUT2D eigenvalue weighted by molar-refractivity contribution is 5.55. The van der Waals surface area contributed by atoms with Crippen LogP contribution in [0.4, 0.5) is 13.2 Å². The first kappa shape index (κ1) is 20.5. The number of nitrogens with zero attached hydrogens (tertiary/aromatic N) is 5. The minimum atomic E-state index is -4.42. The van der Waals surface area contributed by atoms with Gasteiger partial charge >= 0.3 is 6.18 Å². The number of halogens is 3. The van der Waals surface area contributed by atoms with Crippen LogP contribution in [0.5, 0.6) is 0 Å². The normalized spacial score (nSPS) is 17.4. The van der Waals surface area contributed by atoms with Crippen molar-refractivity contribution in [2.45, 2.75) is 32.6 Å². The number of piperazine rings is 1. The molecule has 30 heavy (non-hydrogen) atoms. The van der Waals surface area contributed by atoms with Crippen LogP contribution in [0, 0.1) is 6.92 Å². The average molecular weight is 421 g/mol. The fourth-order valence-electron chi connectivity index (χ4n) is 3.53. The molecule has 1 aliphatic heterocycles. The Kier molecular flexibility index (Phi) is 5.61. The van der Waals surface area contributed by atoms with Crippen LogP contribution in [0.3, 0.4) is 0 Å². The number of hydrogen-bond acceptors (Lipinski definition) is 7. The van der Waals surface area contributed by atoms with E-state index in [4.69, 9.17) is 9.05 Å². The number of hydrogen-bond donors (Lipinski definition) is 0. The molecular weight excluding hydrogens is 399 g/mol. The molecule has 1 saturated heterocycles. The SMILES string of the molecule is Cc1cc(CN2CCN(C(C)c3nc(-c4cccc(C(F)(F)F)c4)no3)CC2)on1. The molecule has 160 valence electrons. The Hall–Kier alpha value is -2.72. The molecular formula is C20H22F3N5O2. The first-order chi connectivity index (χ1) is 14.3. The van der Waals surface area contributed by atoms with Gasteiger partial charge in [0.25, 0.3) is 0 Å². The molecule has 3 aromatic rings. The zero-order chi connectivity index (χ0) is 21.3. The van der Waals surface area contributed by atoms with E-state index >= 15 is 0 Å². The van der Waals surface area contributed by atoms with Gasteiger partial charge in [-0.2, -0.15) is 18.2 Å². The maximum Gasteiger partial charge on any atom is 0.416 e. The van der Waals surface area contributed by atoms with E-state index in [2.05, 4.69) is 25.1 Å². The highest BCUT2D eigenvalue weighted by Crippen LogP contribution is 2.32. The van der Waals surface area contributed by atoms with Crippen molar-refractivity contribution >= 4 is 0 Å². The Labute approximate surface area is 171 Å². The zero-order valence-corrected chi connectivity index (χ0v) is 16.7. The van der Waals surface area contributed by atoms with E-state index in [-0.39, 0.29) is 17.4 Å². The van der Waals surface area contributed by atoms with Crippen LogP contribution < -0.4 is 0 Å². The third-order valence-electron chi connectivity index (χ3n) is 5.26. The summed E-state index contributed by atoms with van der Waals surface area (Å²) >= 11 is 0. The van der Waals surface area contributed by atoms with Gasteiger partial charge in [0.2, 0.25) is 11.7 Å². The fraction of sp³-hybridized carbons (Fsp3) is 0.450. The summed E-state index contributed by atoms with van der Waals surface area (Å²) in [7, 11) is 0. The van der Waals surface area contributed by atoms with Crippen LogP contribution in [-0.4, -0.2) is 51.3 Å². The van der Waals surface area contributed by atoms with Crippen molar-refractivity contribution in [3.05, 3.63) is 53.2 Å². The van der Waals surface area contributed by atoms with E-state index in [1.54, 1.807) is 6.07 Å². The van der Waals surface area contributed by atoms with Gasteiger partial charge in [-0.25, -0.2) is 0 Å². The van der Waals surface area contributed by atoms with E-state index in [0.717, 1.165) is 49.8 Å². The molecule has 0 radical (unpaired) electrons. The second-order valence-corrected chi connectivity index (χ2v) is 7.46. The molecule has 0 bridgehead atoms. The Balaban J connectivity index is 1.38. The molecule has 0 amide bonds. The van der Waals surface area contributed by atoms with Crippen molar-refractivity contribution in [3.8, 4) is 11.4 Å². The molecule has 0 N–H and O–H groups in total. The molecule has 0 spiro atoms. The van der Waals surface area contributed by atoms with Crippen LogP contribution in [0.2, 0.25) is 0 Å². The lowest BCUT2D eigenvalue weighted by atomic mass is 10.1. The highest BCUT2D eigenvalue weighted by atomic mass is 19.4. The number of rotatable bonds is 5. The smallest absolute Gasteiger partial charge is 0.360 e. The third kappa shape index (κ3) is 4.54. The topological polar surface area (TPSA) is 71.4 Å². The molecule has 2 aromatic heterocycles. The molecule has 1 fully saturated rings. The largest absolute Gasteiger partial charge is 0.416 e. The van der Waals surface area contributed by atoms with Crippen LogP contribution in [0.15, 0.2) is 39.4 Å². The van der Waals surface area contributed by atoms with Gasteiger partial charge in [0.1, 0.15) is 0 Å². The second-order valence-electron chi connectivity index (χ2n) is 7.46. The lowest BCUT2D eigenvalue weighted by molar-refractivity contribution is -0.137. The van der Waals surface area contributed by atoms with E-state index in [1.807, 2.05) is 19.9 Å². The Morgan fingerprint density at radius 2 is 1.83 bits per heavy atom. The molecule has 1 unspecified atom stereocenters. The van der Waals surface area contributed by atoms with Crippen molar-refractivity contribution < 1.29 is 22.2 Å². The molecule has 0 aliphatic carbocycles. The summed E-state index contributed by atoms with van der Waals surface area (Å²) in [5.41, 5.74) is 0.405. The maximum atomic E-state index is 12.9. The molecule has 1 aliphatic rings. The van der Waals surface area contributed by atoms with Gasteiger partial charge in [-0.3, -0.25) is 9.80 Å². The van der Waals surface area contributed by atoms with Gasteiger partial charge in [0.05, 0.1) is 23.8 Å². The monoisotopic (exact) mass is 421 g/mol. The lowest BCUT2D eigenvalue weighted by Crippen LogP contribution is -2.46. The Bertz CT molecular complexity index is 992. The Morgan fingerprint density at radius 3 is 2.50 bits per heavy atom. The van der Waals surface area contributed by atoms with Crippen molar-refractivity contribution in [3.63, 3.8) is 0 Å². The van der Waals surface area contributed by atoms with Gasteiger partial charge in [0, 0.05) is 37.8 Å². The molecule has 10 heteroatoms. The van der Waals surface area contributed by atoms with Crippen molar-refractivity contribution in [2.24, 2.45) is 0 Å². The minimum Gasteiger partial charge on any atom is -0.360 e. The minimum absolute atomic E-state index is 0.133. The quantitative estimate of drug-likeness (QED) is 0.618. The summed E-state index contributed by atoms with van der Waals surface area (Å²) in [6.45, 7) is 7.86. The Morgan fingerprint density at radius 1 is 1.07 bits per heavy atom. The first-order valence-electron chi connectivity index (χ1n) is 9.69. The second kappa shape index (κ2) is 8.19. The number of benzene rings is 1. The summed E-state index contributed by atoms with van der Waals surface area (Å²) in [5, 5.41) is 7.80. The molecule has 1 atom stereocenters. The summed E-state index contributed by atoms with van der Waals surface area (Å²) in [4.78, 5) is 8.84. The molecule has 3 heterocycles.